The minimum Gasteiger partial charge on any atom is -0.0927 e. The molecule has 0 fully saturated rings. The van der Waals surface area contributed by atoms with Crippen molar-refractivity contribution in [1.82, 2.24) is 0 Å². The Morgan fingerprint density at radius 1 is 0.688 bits per heavy atom. The van der Waals surface area contributed by atoms with E-state index in [1.807, 2.05) is 0 Å². The van der Waals surface area contributed by atoms with Gasteiger partial charge in [0.05, 0.1) is 8.07 Å². The van der Waals surface area contributed by atoms with Crippen molar-refractivity contribution in [1.29, 1.82) is 0 Å². The zero-order valence-electron chi connectivity index (χ0n) is 13.0. The first-order valence-electron chi connectivity index (χ1n) is 6.33. The Balaban J connectivity index is 6.05. The number of alkyl halides is 1. The van der Waals surface area contributed by atoms with Gasteiger partial charge in [-0.25, -0.2) is 0 Å². The second-order valence-corrected chi connectivity index (χ2v) is 17.4. The molecule has 0 aromatic heterocycles. The summed E-state index contributed by atoms with van der Waals surface area (Å²) in [6.45, 7) is 24.3. The maximum Gasteiger partial charge on any atom is 0.0841 e. The summed E-state index contributed by atoms with van der Waals surface area (Å²) in [6.07, 6.45) is 0. The molecule has 2 heteroatoms. The quantitative estimate of drug-likeness (QED) is 0.402. The molecule has 98 valence electrons. The number of hydrogen-bond donors (Lipinski definition) is 0. The van der Waals surface area contributed by atoms with Gasteiger partial charge in [-0.1, -0.05) is 85.2 Å². The zero-order chi connectivity index (χ0) is 13.6. The molecule has 0 heterocycles. The first kappa shape index (κ1) is 16.7. The van der Waals surface area contributed by atoms with E-state index >= 15 is 0 Å². The monoisotopic (exact) mass is 306 g/mol. The third-order valence-electron chi connectivity index (χ3n) is 4.15. The van der Waals surface area contributed by atoms with Crippen LogP contribution in [0.15, 0.2) is 0 Å². The molecule has 0 aliphatic heterocycles. The molecule has 0 aromatic carbocycles. The van der Waals surface area contributed by atoms with E-state index in [4.69, 9.17) is 0 Å². The molecule has 0 amide bonds. The van der Waals surface area contributed by atoms with Gasteiger partial charge in [0.15, 0.2) is 0 Å². The van der Waals surface area contributed by atoms with Crippen molar-refractivity contribution in [3.8, 4) is 0 Å². The Kier molecular flexibility index (Phi) is 4.61. The maximum atomic E-state index is 3.97. The van der Waals surface area contributed by atoms with Gasteiger partial charge in [-0.05, 0) is 15.1 Å². The Labute approximate surface area is 113 Å². The van der Waals surface area contributed by atoms with Crippen molar-refractivity contribution < 1.29 is 0 Å². The smallest absolute Gasteiger partial charge is 0.0841 e. The van der Waals surface area contributed by atoms with Crippen molar-refractivity contribution in [2.24, 2.45) is 0 Å². The standard InChI is InChI=1S/C14H31BrSi/c1-11(15)16(12(2,3)4,13(5,6)7)14(8,9)10/h11H,1-10H3. The Hall–Kier alpha value is 0.697. The Morgan fingerprint density at radius 2 is 0.875 bits per heavy atom. The minimum absolute atomic E-state index is 0.395. The number of halogens is 1. The summed E-state index contributed by atoms with van der Waals surface area (Å²) in [7, 11) is -1.56. The minimum atomic E-state index is -1.56. The van der Waals surface area contributed by atoms with Gasteiger partial charge in [0.1, 0.15) is 0 Å². The highest BCUT2D eigenvalue weighted by molar-refractivity contribution is 9.10. The first-order chi connectivity index (χ1) is 6.69. The van der Waals surface area contributed by atoms with Gasteiger partial charge in [0.25, 0.3) is 0 Å². The van der Waals surface area contributed by atoms with Gasteiger partial charge in [0, 0.05) is 4.45 Å². The molecule has 0 bridgehead atoms. The van der Waals surface area contributed by atoms with Gasteiger partial charge in [-0.3, -0.25) is 0 Å². The molecule has 1 unspecified atom stereocenters. The summed E-state index contributed by atoms with van der Waals surface area (Å²) in [4.78, 5) is 0. The van der Waals surface area contributed by atoms with Gasteiger partial charge < -0.3 is 0 Å². The molecule has 0 aliphatic carbocycles. The largest absolute Gasteiger partial charge is 0.0927 e. The summed E-state index contributed by atoms with van der Waals surface area (Å²) in [5, 5.41) is 1.19. The highest BCUT2D eigenvalue weighted by atomic mass is 79.9. The van der Waals surface area contributed by atoms with Crippen LogP contribution in [-0.4, -0.2) is 12.5 Å². The summed E-state index contributed by atoms with van der Waals surface area (Å²) in [5.41, 5.74) is 0. The SMILES string of the molecule is CC(Br)[Si](C(C)(C)C)(C(C)(C)C)C(C)(C)C. The van der Waals surface area contributed by atoms with E-state index in [1.165, 1.54) is 0 Å². The lowest BCUT2D eigenvalue weighted by atomic mass is 10.2. The fourth-order valence-electron chi connectivity index (χ4n) is 5.17. The first-order valence-corrected chi connectivity index (χ1v) is 9.33. The van der Waals surface area contributed by atoms with Crippen molar-refractivity contribution in [2.75, 3.05) is 0 Å². The van der Waals surface area contributed by atoms with E-state index in [0.717, 1.165) is 0 Å². The van der Waals surface area contributed by atoms with Crippen LogP contribution in [0.25, 0.3) is 0 Å². The normalized spacial score (nSPS) is 17.4. The van der Waals surface area contributed by atoms with Crippen LogP contribution in [0.2, 0.25) is 15.1 Å². The molecule has 0 spiro atoms. The summed E-state index contributed by atoms with van der Waals surface area (Å²) < 4.78 is 0.625. The predicted molar refractivity (Wildman–Crippen MR) is 83.3 cm³/mol. The summed E-state index contributed by atoms with van der Waals surface area (Å²) >= 11 is 3.97. The average molecular weight is 307 g/mol. The second kappa shape index (κ2) is 4.42. The molecular formula is C14H31BrSi. The predicted octanol–water partition coefficient (Wildman–Crippen LogP) is 6.16. The van der Waals surface area contributed by atoms with Gasteiger partial charge in [-0.2, -0.15) is 0 Å². The summed E-state index contributed by atoms with van der Waals surface area (Å²) in [6, 6.07) is 0. The molecule has 0 aliphatic rings. The molecule has 16 heavy (non-hydrogen) atoms. The number of rotatable bonds is 1. The highest BCUT2D eigenvalue weighted by Gasteiger charge is 2.61. The van der Waals surface area contributed by atoms with E-state index in [-0.39, 0.29) is 0 Å². The van der Waals surface area contributed by atoms with Crippen LogP contribution in [0.3, 0.4) is 0 Å². The third-order valence-corrected chi connectivity index (χ3v) is 14.5. The lowest BCUT2D eigenvalue weighted by Crippen LogP contribution is -2.63. The van der Waals surface area contributed by atoms with E-state index in [2.05, 4.69) is 85.2 Å². The van der Waals surface area contributed by atoms with E-state index in [0.29, 0.717) is 19.6 Å². The molecule has 0 nitrogen and oxygen atoms in total. The Bertz CT molecular complexity index is 199. The Morgan fingerprint density at radius 3 is 0.875 bits per heavy atom. The lowest BCUT2D eigenvalue weighted by Gasteiger charge is -2.61. The van der Waals surface area contributed by atoms with Crippen LogP contribution in [-0.2, 0) is 0 Å². The van der Waals surface area contributed by atoms with Crippen molar-refractivity contribution >= 4 is 24.0 Å². The van der Waals surface area contributed by atoms with Gasteiger partial charge in [-0.15, -0.1) is 0 Å². The van der Waals surface area contributed by atoms with Crippen molar-refractivity contribution in [3.05, 3.63) is 0 Å². The molecule has 0 aromatic rings. The fourth-order valence-corrected chi connectivity index (χ4v) is 21.7. The molecule has 0 N–H and O–H groups in total. The van der Waals surface area contributed by atoms with Crippen molar-refractivity contribution in [3.63, 3.8) is 0 Å². The van der Waals surface area contributed by atoms with Crippen LogP contribution < -0.4 is 0 Å². The van der Waals surface area contributed by atoms with E-state index in [9.17, 15) is 0 Å². The van der Waals surface area contributed by atoms with Crippen LogP contribution in [0.1, 0.15) is 69.2 Å². The third kappa shape index (κ3) is 2.43. The lowest BCUT2D eigenvalue weighted by molar-refractivity contribution is 0.526. The van der Waals surface area contributed by atoms with Gasteiger partial charge >= 0.3 is 0 Å². The molecule has 0 radical (unpaired) electrons. The molecule has 0 rings (SSSR count). The summed E-state index contributed by atoms with van der Waals surface area (Å²) in [5.74, 6) is 0. The zero-order valence-corrected chi connectivity index (χ0v) is 15.5. The fraction of sp³-hybridized carbons (Fsp3) is 1.00. The van der Waals surface area contributed by atoms with Crippen LogP contribution in [0.4, 0.5) is 0 Å². The van der Waals surface area contributed by atoms with Crippen LogP contribution >= 0.6 is 15.9 Å². The van der Waals surface area contributed by atoms with Crippen LogP contribution in [0, 0.1) is 0 Å². The molecule has 0 saturated carbocycles. The highest BCUT2D eigenvalue weighted by Crippen LogP contribution is 2.64. The molecule has 0 saturated heterocycles. The van der Waals surface area contributed by atoms with E-state index in [1.54, 1.807) is 0 Å². The van der Waals surface area contributed by atoms with Gasteiger partial charge in [0.2, 0.25) is 0 Å². The van der Waals surface area contributed by atoms with E-state index < -0.39 is 8.07 Å². The van der Waals surface area contributed by atoms with Crippen LogP contribution in [0.5, 0.6) is 0 Å². The molecule has 1 atom stereocenters. The molecular weight excluding hydrogens is 276 g/mol. The maximum absolute atomic E-state index is 3.97. The van der Waals surface area contributed by atoms with Crippen molar-refractivity contribution in [2.45, 2.75) is 88.8 Å². The number of hydrogen-bond acceptors (Lipinski definition) is 0. The second-order valence-electron chi connectivity index (χ2n) is 8.17. The average Bonchev–Trinajstić information content (AvgIpc) is 1.71. The topological polar surface area (TPSA) is 0 Å².